The molecule has 1 fully saturated rings. The summed E-state index contributed by atoms with van der Waals surface area (Å²) in [6.45, 7) is 1.87. The fourth-order valence-electron chi connectivity index (χ4n) is 2.66. The third-order valence-corrected chi connectivity index (χ3v) is 3.90. The lowest BCUT2D eigenvalue weighted by Crippen LogP contribution is -2.35. The van der Waals surface area contributed by atoms with E-state index in [1.165, 1.54) is 24.8 Å². The van der Waals surface area contributed by atoms with Crippen LogP contribution < -0.4 is 4.74 Å². The highest BCUT2D eigenvalue weighted by atomic mass is 19.1. The van der Waals surface area contributed by atoms with Crippen molar-refractivity contribution < 1.29 is 13.9 Å². The molecule has 1 aromatic heterocycles. The Balaban J connectivity index is 1.59. The number of carbonyl (C=O) groups excluding carboxylic acids is 1. The molecule has 5 heteroatoms. The zero-order valence-electron chi connectivity index (χ0n) is 12.9. The van der Waals surface area contributed by atoms with Crippen molar-refractivity contribution >= 4 is 5.91 Å². The third-order valence-electron chi connectivity index (χ3n) is 3.90. The topological polar surface area (TPSA) is 42.4 Å². The first-order valence-electron chi connectivity index (χ1n) is 7.85. The van der Waals surface area contributed by atoms with Gasteiger partial charge in [0.15, 0.2) is 0 Å². The van der Waals surface area contributed by atoms with Crippen LogP contribution in [-0.2, 0) is 6.61 Å². The van der Waals surface area contributed by atoms with Crippen LogP contribution in [-0.4, -0.2) is 28.9 Å². The summed E-state index contributed by atoms with van der Waals surface area (Å²) in [5.41, 5.74) is 1.31. The fraction of sp³-hybridized carbons (Fsp3) is 0.333. The summed E-state index contributed by atoms with van der Waals surface area (Å²) >= 11 is 0. The lowest BCUT2D eigenvalue weighted by atomic mass is 10.1. The Kier molecular flexibility index (Phi) is 4.86. The van der Waals surface area contributed by atoms with E-state index in [9.17, 15) is 9.18 Å². The highest BCUT2D eigenvalue weighted by Gasteiger charge is 2.18. The van der Waals surface area contributed by atoms with Crippen LogP contribution in [0.2, 0.25) is 0 Å². The molecular weight excluding hydrogens is 295 g/mol. The van der Waals surface area contributed by atoms with E-state index in [-0.39, 0.29) is 18.3 Å². The highest BCUT2D eigenvalue weighted by molar-refractivity contribution is 5.94. The van der Waals surface area contributed by atoms with Gasteiger partial charge in [0.05, 0.1) is 5.56 Å². The van der Waals surface area contributed by atoms with Crippen LogP contribution in [0.25, 0.3) is 0 Å². The minimum atomic E-state index is -0.290. The molecule has 0 spiro atoms. The summed E-state index contributed by atoms with van der Waals surface area (Å²) in [4.78, 5) is 18.4. The Morgan fingerprint density at radius 2 is 2.00 bits per heavy atom. The predicted octanol–water partition coefficient (Wildman–Crippen LogP) is 3.43. The average Bonchev–Trinajstić information content (AvgIpc) is 2.61. The molecule has 2 aromatic rings. The Bertz CT molecular complexity index is 667. The van der Waals surface area contributed by atoms with Gasteiger partial charge in [-0.3, -0.25) is 4.79 Å². The highest BCUT2D eigenvalue weighted by Crippen LogP contribution is 2.15. The lowest BCUT2D eigenvalue weighted by Gasteiger charge is -2.26. The fourth-order valence-corrected chi connectivity index (χ4v) is 2.66. The number of hydrogen-bond donors (Lipinski definition) is 0. The van der Waals surface area contributed by atoms with Crippen molar-refractivity contribution in [2.24, 2.45) is 0 Å². The van der Waals surface area contributed by atoms with E-state index < -0.39 is 0 Å². The predicted molar refractivity (Wildman–Crippen MR) is 84.7 cm³/mol. The summed E-state index contributed by atoms with van der Waals surface area (Å²) in [7, 11) is 0. The van der Waals surface area contributed by atoms with Crippen LogP contribution in [0.4, 0.5) is 4.39 Å². The zero-order valence-corrected chi connectivity index (χ0v) is 12.9. The molecule has 0 atom stereocenters. The van der Waals surface area contributed by atoms with Gasteiger partial charge in [-0.2, -0.15) is 0 Å². The number of nitrogens with zero attached hydrogens (tertiary/aromatic N) is 2. The van der Waals surface area contributed by atoms with Gasteiger partial charge in [0.25, 0.3) is 5.91 Å². The molecular formula is C18H19FN2O2. The van der Waals surface area contributed by atoms with Crippen LogP contribution in [0.15, 0.2) is 42.6 Å². The van der Waals surface area contributed by atoms with E-state index in [0.29, 0.717) is 11.4 Å². The molecule has 0 unspecified atom stereocenters. The first kappa shape index (κ1) is 15.5. The summed E-state index contributed by atoms with van der Waals surface area (Å²) in [6, 6.07) is 9.65. The number of pyridine rings is 1. The number of rotatable bonds is 4. The van der Waals surface area contributed by atoms with Gasteiger partial charge in [0.1, 0.15) is 12.4 Å². The zero-order chi connectivity index (χ0) is 16.1. The summed E-state index contributed by atoms with van der Waals surface area (Å²) in [5, 5.41) is 0. The SMILES string of the molecule is O=C(c1ccc(OCc2cccc(F)c2)nc1)N1CCCCC1. The Morgan fingerprint density at radius 1 is 1.17 bits per heavy atom. The molecule has 1 aliphatic rings. The van der Waals surface area contributed by atoms with Crippen molar-refractivity contribution in [1.82, 2.24) is 9.88 Å². The van der Waals surface area contributed by atoms with Crippen molar-refractivity contribution in [3.05, 3.63) is 59.5 Å². The Morgan fingerprint density at radius 3 is 2.70 bits per heavy atom. The minimum absolute atomic E-state index is 0.0221. The van der Waals surface area contributed by atoms with Gasteiger partial charge in [-0.05, 0) is 43.0 Å². The van der Waals surface area contributed by atoms with Crippen molar-refractivity contribution in [3.63, 3.8) is 0 Å². The van der Waals surface area contributed by atoms with Crippen LogP contribution in [0.1, 0.15) is 35.2 Å². The summed E-state index contributed by atoms with van der Waals surface area (Å²) in [5.74, 6) is 0.153. The van der Waals surface area contributed by atoms with E-state index in [1.807, 2.05) is 4.90 Å². The number of carbonyl (C=O) groups is 1. The first-order valence-corrected chi connectivity index (χ1v) is 7.85. The molecule has 1 aromatic carbocycles. The van der Waals surface area contributed by atoms with E-state index in [0.717, 1.165) is 31.5 Å². The first-order chi connectivity index (χ1) is 11.2. The number of ether oxygens (including phenoxy) is 1. The number of aromatic nitrogens is 1. The van der Waals surface area contributed by atoms with Crippen LogP contribution in [0.3, 0.4) is 0 Å². The number of hydrogen-bond acceptors (Lipinski definition) is 3. The molecule has 120 valence electrons. The van der Waals surface area contributed by atoms with Crippen molar-refractivity contribution in [3.8, 4) is 5.88 Å². The molecule has 1 aliphatic heterocycles. The molecule has 1 amide bonds. The van der Waals surface area contributed by atoms with E-state index in [1.54, 1.807) is 24.3 Å². The molecule has 0 radical (unpaired) electrons. The number of benzene rings is 1. The number of amides is 1. The summed E-state index contributed by atoms with van der Waals surface area (Å²) in [6.07, 6.45) is 4.86. The third kappa shape index (κ3) is 4.06. The Hall–Kier alpha value is -2.43. The van der Waals surface area contributed by atoms with E-state index >= 15 is 0 Å². The van der Waals surface area contributed by atoms with Crippen molar-refractivity contribution in [2.75, 3.05) is 13.1 Å². The number of halogens is 1. The van der Waals surface area contributed by atoms with E-state index in [4.69, 9.17) is 4.74 Å². The van der Waals surface area contributed by atoms with E-state index in [2.05, 4.69) is 4.98 Å². The lowest BCUT2D eigenvalue weighted by molar-refractivity contribution is 0.0724. The normalized spacial score (nSPS) is 14.6. The van der Waals surface area contributed by atoms with Gasteiger partial charge in [-0.15, -0.1) is 0 Å². The smallest absolute Gasteiger partial charge is 0.255 e. The van der Waals surface area contributed by atoms with Crippen LogP contribution in [0.5, 0.6) is 5.88 Å². The van der Waals surface area contributed by atoms with Crippen molar-refractivity contribution in [1.29, 1.82) is 0 Å². The van der Waals surface area contributed by atoms with Crippen LogP contribution >= 0.6 is 0 Å². The minimum Gasteiger partial charge on any atom is -0.473 e. The second kappa shape index (κ2) is 7.22. The van der Waals surface area contributed by atoms with Crippen LogP contribution in [0, 0.1) is 5.82 Å². The molecule has 1 saturated heterocycles. The van der Waals surface area contributed by atoms with Gasteiger partial charge >= 0.3 is 0 Å². The molecule has 23 heavy (non-hydrogen) atoms. The number of likely N-dealkylation sites (tertiary alicyclic amines) is 1. The van der Waals surface area contributed by atoms with Gasteiger partial charge in [0.2, 0.25) is 5.88 Å². The quantitative estimate of drug-likeness (QED) is 0.868. The maximum absolute atomic E-state index is 13.1. The molecule has 0 aliphatic carbocycles. The molecule has 0 bridgehead atoms. The molecule has 0 N–H and O–H groups in total. The average molecular weight is 314 g/mol. The standard InChI is InChI=1S/C18H19FN2O2/c19-16-6-4-5-14(11-16)13-23-17-8-7-15(12-20-17)18(22)21-9-2-1-3-10-21/h4-8,11-12H,1-3,9-10,13H2. The summed E-state index contributed by atoms with van der Waals surface area (Å²) < 4.78 is 18.6. The molecule has 2 heterocycles. The van der Waals surface area contributed by atoms with Crippen molar-refractivity contribution in [2.45, 2.75) is 25.9 Å². The van der Waals surface area contributed by atoms with Gasteiger partial charge in [-0.1, -0.05) is 12.1 Å². The second-order valence-electron chi connectivity index (χ2n) is 5.66. The van der Waals surface area contributed by atoms with Gasteiger partial charge in [-0.25, -0.2) is 9.37 Å². The monoisotopic (exact) mass is 314 g/mol. The Labute approximate surface area is 134 Å². The maximum Gasteiger partial charge on any atom is 0.255 e. The van der Waals surface area contributed by atoms with Gasteiger partial charge < -0.3 is 9.64 Å². The van der Waals surface area contributed by atoms with Gasteiger partial charge in [0, 0.05) is 25.4 Å². The molecule has 3 rings (SSSR count). The maximum atomic E-state index is 13.1. The molecule has 4 nitrogen and oxygen atoms in total. The second-order valence-corrected chi connectivity index (χ2v) is 5.66. The largest absolute Gasteiger partial charge is 0.473 e. The molecule has 0 saturated carbocycles. The number of piperidine rings is 1.